The SMILES string of the molecule is CCCC[N+](CCCC)(CCCC)CCCC.NC(C(=O)[O-])c1ccc(O)cc1. The molecule has 0 spiro atoms. The number of rotatable bonds is 14. The van der Waals surface area contributed by atoms with Crippen molar-refractivity contribution in [2.45, 2.75) is 85.1 Å². The fourth-order valence-electron chi connectivity index (χ4n) is 3.46. The minimum atomic E-state index is -1.33. The lowest BCUT2D eigenvalue weighted by Gasteiger charge is -2.39. The lowest BCUT2D eigenvalue weighted by atomic mass is 10.1. The Morgan fingerprint density at radius 1 is 0.862 bits per heavy atom. The maximum Gasteiger partial charge on any atom is 0.115 e. The molecule has 168 valence electrons. The van der Waals surface area contributed by atoms with Crippen LogP contribution < -0.4 is 10.8 Å². The zero-order valence-electron chi connectivity index (χ0n) is 19.2. The number of phenols is 1. The Kier molecular flexibility index (Phi) is 15.3. The third-order valence-electron chi connectivity index (χ3n) is 5.45. The van der Waals surface area contributed by atoms with Crippen molar-refractivity contribution in [2.75, 3.05) is 26.2 Å². The Morgan fingerprint density at radius 3 is 1.48 bits per heavy atom. The van der Waals surface area contributed by atoms with Gasteiger partial charge in [0.15, 0.2) is 0 Å². The van der Waals surface area contributed by atoms with Gasteiger partial charge in [0.05, 0.1) is 38.2 Å². The Morgan fingerprint density at radius 2 is 1.21 bits per heavy atom. The molecule has 0 radical (unpaired) electrons. The molecule has 1 aromatic carbocycles. The number of hydrogen-bond acceptors (Lipinski definition) is 4. The molecule has 5 nitrogen and oxygen atoms in total. The van der Waals surface area contributed by atoms with Crippen molar-refractivity contribution in [3.63, 3.8) is 0 Å². The highest BCUT2D eigenvalue weighted by Crippen LogP contribution is 2.16. The average molecular weight is 409 g/mol. The van der Waals surface area contributed by atoms with Crippen molar-refractivity contribution >= 4 is 5.97 Å². The van der Waals surface area contributed by atoms with Crippen LogP contribution in [0.15, 0.2) is 24.3 Å². The number of unbranched alkanes of at least 4 members (excludes halogenated alkanes) is 4. The summed E-state index contributed by atoms with van der Waals surface area (Å²) >= 11 is 0. The van der Waals surface area contributed by atoms with E-state index in [-0.39, 0.29) is 5.75 Å². The normalized spacial score (nSPS) is 12.2. The van der Waals surface area contributed by atoms with Crippen molar-refractivity contribution in [3.05, 3.63) is 29.8 Å². The molecule has 0 aromatic heterocycles. The lowest BCUT2D eigenvalue weighted by Crippen LogP contribution is -2.50. The predicted molar refractivity (Wildman–Crippen MR) is 119 cm³/mol. The molecule has 0 aliphatic carbocycles. The number of carbonyl (C=O) groups is 1. The average Bonchev–Trinajstić information content (AvgIpc) is 2.73. The molecule has 0 bridgehead atoms. The molecule has 0 amide bonds. The van der Waals surface area contributed by atoms with Gasteiger partial charge in [0.25, 0.3) is 0 Å². The molecule has 3 N–H and O–H groups in total. The highest BCUT2D eigenvalue weighted by atomic mass is 16.4. The number of hydrogen-bond donors (Lipinski definition) is 2. The minimum absolute atomic E-state index is 0.0734. The van der Waals surface area contributed by atoms with E-state index in [9.17, 15) is 9.90 Å². The van der Waals surface area contributed by atoms with E-state index in [0.717, 1.165) is 0 Å². The van der Waals surface area contributed by atoms with Crippen LogP contribution in [0.5, 0.6) is 5.75 Å². The molecule has 5 heteroatoms. The van der Waals surface area contributed by atoms with E-state index >= 15 is 0 Å². The number of carboxylic acids is 1. The van der Waals surface area contributed by atoms with Crippen LogP contribution in [0, 0.1) is 0 Å². The number of quaternary nitrogens is 1. The summed E-state index contributed by atoms with van der Waals surface area (Å²) in [5, 5.41) is 19.2. The molecule has 0 saturated carbocycles. The molecule has 0 aliphatic rings. The van der Waals surface area contributed by atoms with E-state index in [1.54, 1.807) is 0 Å². The molecule has 1 unspecified atom stereocenters. The monoisotopic (exact) mass is 408 g/mol. The van der Waals surface area contributed by atoms with E-state index in [0.29, 0.717) is 5.56 Å². The van der Waals surface area contributed by atoms with Crippen LogP contribution in [0.1, 0.15) is 90.7 Å². The number of aliphatic carboxylic acids is 1. The van der Waals surface area contributed by atoms with Gasteiger partial charge in [0.2, 0.25) is 0 Å². The van der Waals surface area contributed by atoms with Gasteiger partial charge >= 0.3 is 0 Å². The van der Waals surface area contributed by atoms with Crippen molar-refractivity contribution in [1.29, 1.82) is 0 Å². The standard InChI is InChI=1S/C16H36N.C8H9NO3/c1-5-9-13-17(14-10-6-2,15-11-7-3)16-12-8-4;9-7(8(11)12)5-1-3-6(10)4-2-5/h5-16H2,1-4H3;1-4,7,10H,9H2,(H,11,12)/q+1;/p-1. The maximum atomic E-state index is 10.3. The van der Waals surface area contributed by atoms with Gasteiger partial charge < -0.3 is 25.2 Å². The number of benzene rings is 1. The second-order valence-electron chi connectivity index (χ2n) is 8.04. The van der Waals surface area contributed by atoms with Crippen LogP contribution in [0.25, 0.3) is 0 Å². The number of aromatic hydroxyl groups is 1. The fourth-order valence-corrected chi connectivity index (χ4v) is 3.46. The van der Waals surface area contributed by atoms with Gasteiger partial charge in [-0.25, -0.2) is 0 Å². The van der Waals surface area contributed by atoms with Gasteiger partial charge in [-0.15, -0.1) is 0 Å². The predicted octanol–water partition coefficient (Wildman–Crippen LogP) is 4.15. The molecular weight excluding hydrogens is 364 g/mol. The highest BCUT2D eigenvalue weighted by molar-refractivity contribution is 5.73. The van der Waals surface area contributed by atoms with Crippen LogP contribution in [-0.4, -0.2) is 41.7 Å². The first kappa shape index (κ1) is 27.4. The van der Waals surface area contributed by atoms with Gasteiger partial charge in [-0.05, 0) is 43.4 Å². The van der Waals surface area contributed by atoms with E-state index < -0.39 is 12.0 Å². The number of carboxylic acid groups (broad SMARTS) is 1. The molecule has 1 aromatic rings. The Labute approximate surface area is 178 Å². The third-order valence-corrected chi connectivity index (χ3v) is 5.45. The smallest absolute Gasteiger partial charge is 0.115 e. The molecule has 1 atom stereocenters. The maximum absolute atomic E-state index is 10.3. The number of phenolic OH excluding ortho intramolecular Hbond substituents is 1. The summed E-state index contributed by atoms with van der Waals surface area (Å²) in [6.45, 7) is 15.0. The van der Waals surface area contributed by atoms with Crippen LogP contribution in [0.4, 0.5) is 0 Å². The summed E-state index contributed by atoms with van der Waals surface area (Å²) in [6, 6.07) is 4.49. The van der Waals surface area contributed by atoms with E-state index in [4.69, 9.17) is 10.8 Å². The van der Waals surface area contributed by atoms with Crippen molar-refractivity contribution in [3.8, 4) is 5.75 Å². The molecule has 0 fully saturated rings. The molecule has 0 aliphatic heterocycles. The van der Waals surface area contributed by atoms with Crippen LogP contribution in [-0.2, 0) is 4.79 Å². The lowest BCUT2D eigenvalue weighted by molar-refractivity contribution is -0.929. The summed E-state index contributed by atoms with van der Waals surface area (Å²) in [6.07, 6.45) is 11.1. The number of nitrogens with two attached hydrogens (primary N) is 1. The number of nitrogens with zero attached hydrogens (tertiary/aromatic N) is 1. The fraction of sp³-hybridized carbons (Fsp3) is 0.708. The first-order valence-electron chi connectivity index (χ1n) is 11.5. The molecule has 0 saturated heterocycles. The van der Waals surface area contributed by atoms with Gasteiger partial charge in [0.1, 0.15) is 5.75 Å². The van der Waals surface area contributed by atoms with Gasteiger partial charge in [-0.1, -0.05) is 65.5 Å². The highest BCUT2D eigenvalue weighted by Gasteiger charge is 2.24. The Balaban J connectivity index is 0.000000571. The molecule has 1 rings (SSSR count). The van der Waals surface area contributed by atoms with Crippen molar-refractivity contribution in [1.82, 2.24) is 0 Å². The summed E-state index contributed by atoms with van der Waals surface area (Å²) in [4.78, 5) is 10.3. The van der Waals surface area contributed by atoms with Crippen LogP contribution in [0.3, 0.4) is 0 Å². The minimum Gasteiger partial charge on any atom is -0.548 e. The van der Waals surface area contributed by atoms with E-state index in [1.165, 1.54) is 106 Å². The molecular formula is C24H44N2O3. The number of carbonyl (C=O) groups excluding carboxylic acids is 1. The van der Waals surface area contributed by atoms with Crippen molar-refractivity contribution < 1.29 is 19.5 Å². The molecule has 29 heavy (non-hydrogen) atoms. The van der Waals surface area contributed by atoms with Gasteiger partial charge in [0, 0.05) is 0 Å². The third kappa shape index (κ3) is 11.9. The zero-order chi connectivity index (χ0) is 22.1. The topological polar surface area (TPSA) is 86.4 Å². The van der Waals surface area contributed by atoms with Gasteiger partial charge in [-0.2, -0.15) is 0 Å². The first-order valence-corrected chi connectivity index (χ1v) is 11.5. The van der Waals surface area contributed by atoms with E-state index in [2.05, 4.69) is 27.7 Å². The zero-order valence-corrected chi connectivity index (χ0v) is 19.2. The van der Waals surface area contributed by atoms with Gasteiger partial charge in [-0.3, -0.25) is 0 Å². The first-order chi connectivity index (χ1) is 13.9. The summed E-state index contributed by atoms with van der Waals surface area (Å²) < 4.78 is 1.42. The molecule has 0 heterocycles. The van der Waals surface area contributed by atoms with Crippen LogP contribution >= 0.6 is 0 Å². The second kappa shape index (κ2) is 16.2. The Hall–Kier alpha value is -1.59. The second-order valence-corrected chi connectivity index (χ2v) is 8.04. The summed E-state index contributed by atoms with van der Waals surface area (Å²) in [7, 11) is 0. The Bertz CT molecular complexity index is 494. The van der Waals surface area contributed by atoms with Crippen molar-refractivity contribution in [2.24, 2.45) is 5.73 Å². The summed E-state index contributed by atoms with van der Waals surface area (Å²) in [5.41, 5.74) is 5.65. The van der Waals surface area contributed by atoms with Crippen LogP contribution in [0.2, 0.25) is 0 Å². The quantitative estimate of drug-likeness (QED) is 0.453. The van der Waals surface area contributed by atoms with E-state index in [1.807, 2.05) is 0 Å². The largest absolute Gasteiger partial charge is 0.548 e. The summed E-state index contributed by atoms with van der Waals surface area (Å²) in [5.74, 6) is -1.26.